The van der Waals surface area contributed by atoms with E-state index in [0.717, 1.165) is 25.7 Å². The van der Waals surface area contributed by atoms with E-state index in [2.05, 4.69) is 15.6 Å². The number of carbonyl (C=O) groups is 2. The van der Waals surface area contributed by atoms with E-state index in [0.29, 0.717) is 22.3 Å². The molecule has 1 fully saturated rings. The Hall–Kier alpha value is -2.41. The van der Waals surface area contributed by atoms with Gasteiger partial charge in [-0.3, -0.25) is 9.59 Å². The molecule has 2 aromatic rings. The molecule has 0 unspecified atom stereocenters. The van der Waals surface area contributed by atoms with Crippen LogP contribution in [-0.2, 0) is 16.0 Å². The zero-order valence-electron chi connectivity index (χ0n) is 14.8. The number of benzene rings is 1. The molecular formula is C19H23N3O3S. The molecule has 1 heterocycles. The number of nitrogens with zero attached hydrogens (tertiary/aromatic N) is 1. The summed E-state index contributed by atoms with van der Waals surface area (Å²) in [6.07, 6.45) is 5.49. The van der Waals surface area contributed by atoms with Gasteiger partial charge in [-0.2, -0.15) is 0 Å². The fraction of sp³-hybridized carbons (Fsp3) is 0.421. The van der Waals surface area contributed by atoms with Crippen LogP contribution in [0.3, 0.4) is 0 Å². The normalized spacial score (nSPS) is 14.7. The molecule has 2 amide bonds. The highest BCUT2D eigenvalue weighted by molar-refractivity contribution is 7.13. The second-order valence-corrected chi connectivity index (χ2v) is 7.25. The Morgan fingerprint density at radius 1 is 1.19 bits per heavy atom. The number of nitrogens with one attached hydrogen (secondary N) is 2. The van der Waals surface area contributed by atoms with Gasteiger partial charge in [0.2, 0.25) is 11.8 Å². The molecule has 0 spiro atoms. The van der Waals surface area contributed by atoms with Crippen molar-refractivity contribution in [2.45, 2.75) is 38.5 Å². The number of hydrogen-bond donors (Lipinski definition) is 2. The fourth-order valence-corrected chi connectivity index (χ4v) is 3.84. The molecule has 0 aliphatic heterocycles. The van der Waals surface area contributed by atoms with Gasteiger partial charge < -0.3 is 15.4 Å². The fourth-order valence-electron chi connectivity index (χ4n) is 3.12. The van der Waals surface area contributed by atoms with E-state index >= 15 is 0 Å². The van der Waals surface area contributed by atoms with Crippen molar-refractivity contribution >= 4 is 34.0 Å². The maximum absolute atomic E-state index is 12.3. The summed E-state index contributed by atoms with van der Waals surface area (Å²) in [7, 11) is 1.56. The second kappa shape index (κ2) is 8.80. The molecule has 0 bridgehead atoms. The monoisotopic (exact) mass is 373 g/mol. The maximum atomic E-state index is 12.3. The van der Waals surface area contributed by atoms with E-state index in [9.17, 15) is 9.59 Å². The van der Waals surface area contributed by atoms with Crippen LogP contribution < -0.4 is 15.4 Å². The van der Waals surface area contributed by atoms with Crippen LogP contribution in [0.2, 0.25) is 0 Å². The number of aromatic nitrogens is 1. The molecule has 2 N–H and O–H groups in total. The highest BCUT2D eigenvalue weighted by Gasteiger charge is 2.22. The van der Waals surface area contributed by atoms with E-state index in [1.807, 2.05) is 12.1 Å². The Balaban J connectivity index is 1.54. The highest BCUT2D eigenvalue weighted by Crippen LogP contribution is 2.26. The third kappa shape index (κ3) is 4.82. The van der Waals surface area contributed by atoms with Crippen molar-refractivity contribution in [2.75, 3.05) is 17.7 Å². The van der Waals surface area contributed by atoms with E-state index in [1.165, 1.54) is 17.8 Å². The van der Waals surface area contributed by atoms with Crippen LogP contribution in [0.5, 0.6) is 5.75 Å². The van der Waals surface area contributed by atoms with Crippen molar-refractivity contribution in [3.63, 3.8) is 0 Å². The van der Waals surface area contributed by atoms with Crippen LogP contribution in [0.15, 0.2) is 29.6 Å². The predicted molar refractivity (Wildman–Crippen MR) is 103 cm³/mol. The standard InChI is InChI=1S/C19H23N3O3S/c1-25-16-10-6-5-9-15(16)21-17(23)11-14-12-26-19(20-14)22-18(24)13-7-3-2-4-8-13/h5-6,9-10,12-13H,2-4,7-8,11H2,1H3,(H,21,23)(H,20,22,24). The molecular weight excluding hydrogens is 350 g/mol. The van der Waals surface area contributed by atoms with Gasteiger partial charge in [-0.25, -0.2) is 4.98 Å². The van der Waals surface area contributed by atoms with Crippen molar-refractivity contribution in [1.29, 1.82) is 0 Å². The molecule has 1 aliphatic carbocycles. The van der Waals surface area contributed by atoms with Crippen molar-refractivity contribution in [3.8, 4) is 5.75 Å². The summed E-state index contributed by atoms with van der Waals surface area (Å²) in [6.45, 7) is 0. The summed E-state index contributed by atoms with van der Waals surface area (Å²) in [5.74, 6) is 0.568. The quantitative estimate of drug-likeness (QED) is 0.806. The molecule has 7 heteroatoms. The van der Waals surface area contributed by atoms with Crippen LogP contribution >= 0.6 is 11.3 Å². The summed E-state index contributed by atoms with van der Waals surface area (Å²) < 4.78 is 5.23. The van der Waals surface area contributed by atoms with E-state index in [1.54, 1.807) is 24.6 Å². The Morgan fingerprint density at radius 2 is 1.96 bits per heavy atom. The minimum Gasteiger partial charge on any atom is -0.495 e. The van der Waals surface area contributed by atoms with Crippen LogP contribution in [0.1, 0.15) is 37.8 Å². The van der Waals surface area contributed by atoms with E-state index in [4.69, 9.17) is 4.74 Å². The van der Waals surface area contributed by atoms with E-state index in [-0.39, 0.29) is 24.2 Å². The molecule has 138 valence electrons. The Morgan fingerprint density at radius 3 is 2.73 bits per heavy atom. The van der Waals surface area contributed by atoms with E-state index < -0.39 is 0 Å². The lowest BCUT2D eigenvalue weighted by atomic mass is 9.89. The number of hydrogen-bond acceptors (Lipinski definition) is 5. The Labute approximate surface area is 157 Å². The third-order valence-electron chi connectivity index (χ3n) is 4.48. The van der Waals surface area contributed by atoms with Crippen LogP contribution in [0.4, 0.5) is 10.8 Å². The van der Waals surface area contributed by atoms with Crippen molar-refractivity contribution < 1.29 is 14.3 Å². The molecule has 1 aromatic heterocycles. The number of methoxy groups -OCH3 is 1. The largest absolute Gasteiger partial charge is 0.495 e. The van der Waals surface area contributed by atoms with Crippen LogP contribution in [0, 0.1) is 5.92 Å². The van der Waals surface area contributed by atoms with Crippen molar-refractivity contribution in [3.05, 3.63) is 35.3 Å². The topological polar surface area (TPSA) is 80.3 Å². The van der Waals surface area contributed by atoms with Crippen LogP contribution in [-0.4, -0.2) is 23.9 Å². The molecule has 26 heavy (non-hydrogen) atoms. The minimum absolute atomic E-state index is 0.0454. The zero-order chi connectivity index (χ0) is 18.4. The number of rotatable bonds is 6. The van der Waals surface area contributed by atoms with Crippen molar-refractivity contribution in [1.82, 2.24) is 4.98 Å². The first-order chi connectivity index (χ1) is 12.7. The van der Waals surface area contributed by atoms with Gasteiger partial charge in [0.05, 0.1) is 24.9 Å². The van der Waals surface area contributed by atoms with Gasteiger partial charge in [0, 0.05) is 11.3 Å². The van der Waals surface area contributed by atoms with Gasteiger partial charge in [0.25, 0.3) is 0 Å². The molecule has 1 aromatic carbocycles. The number of anilines is 2. The Kier molecular flexibility index (Phi) is 6.22. The number of para-hydroxylation sites is 2. The predicted octanol–water partition coefficient (Wildman–Crippen LogP) is 3.85. The first-order valence-corrected chi connectivity index (χ1v) is 9.72. The molecule has 0 atom stereocenters. The summed E-state index contributed by atoms with van der Waals surface area (Å²) in [5.41, 5.74) is 1.27. The number of ether oxygens (including phenoxy) is 1. The van der Waals surface area contributed by atoms with Gasteiger partial charge in [-0.15, -0.1) is 11.3 Å². The summed E-state index contributed by atoms with van der Waals surface area (Å²) in [6, 6.07) is 7.25. The highest BCUT2D eigenvalue weighted by atomic mass is 32.1. The van der Waals surface area contributed by atoms with Gasteiger partial charge in [0.15, 0.2) is 5.13 Å². The zero-order valence-corrected chi connectivity index (χ0v) is 15.6. The lowest BCUT2D eigenvalue weighted by Crippen LogP contribution is -2.24. The van der Waals surface area contributed by atoms with Gasteiger partial charge in [0.1, 0.15) is 5.75 Å². The summed E-state index contributed by atoms with van der Waals surface area (Å²) >= 11 is 1.35. The lowest BCUT2D eigenvalue weighted by molar-refractivity contribution is -0.120. The molecule has 1 saturated carbocycles. The number of thiazole rings is 1. The number of amides is 2. The first kappa shape index (κ1) is 18.4. The third-order valence-corrected chi connectivity index (χ3v) is 5.29. The lowest BCUT2D eigenvalue weighted by Gasteiger charge is -2.19. The maximum Gasteiger partial charge on any atom is 0.230 e. The average molecular weight is 373 g/mol. The molecule has 1 aliphatic rings. The SMILES string of the molecule is COc1ccccc1NC(=O)Cc1csc(NC(=O)C2CCCCC2)n1. The smallest absolute Gasteiger partial charge is 0.230 e. The summed E-state index contributed by atoms with van der Waals surface area (Å²) in [4.78, 5) is 28.9. The van der Waals surface area contributed by atoms with Crippen molar-refractivity contribution in [2.24, 2.45) is 5.92 Å². The Bertz CT molecular complexity index is 769. The van der Waals surface area contributed by atoms with Gasteiger partial charge >= 0.3 is 0 Å². The molecule has 0 saturated heterocycles. The molecule has 0 radical (unpaired) electrons. The van der Waals surface area contributed by atoms with Crippen LogP contribution in [0.25, 0.3) is 0 Å². The number of carbonyl (C=O) groups excluding carboxylic acids is 2. The first-order valence-electron chi connectivity index (χ1n) is 8.84. The average Bonchev–Trinajstić information content (AvgIpc) is 3.09. The van der Waals surface area contributed by atoms with Gasteiger partial charge in [-0.1, -0.05) is 31.4 Å². The van der Waals surface area contributed by atoms with Gasteiger partial charge in [-0.05, 0) is 25.0 Å². The minimum atomic E-state index is -0.176. The molecule has 6 nitrogen and oxygen atoms in total. The second-order valence-electron chi connectivity index (χ2n) is 6.39. The molecule has 3 rings (SSSR count). The summed E-state index contributed by atoms with van der Waals surface area (Å²) in [5, 5.41) is 8.08.